The van der Waals surface area contributed by atoms with Gasteiger partial charge in [-0.1, -0.05) is 71.1 Å². The Morgan fingerprint density at radius 3 is 1.59 bits per heavy atom. The number of hydrogen-bond acceptors (Lipinski definition) is 0. The van der Waals surface area contributed by atoms with Gasteiger partial charge in [-0.2, -0.15) is 0 Å². The Labute approximate surface area is 198 Å². The molecule has 2 aliphatic carbocycles. The number of rotatable bonds is 7. The smallest absolute Gasteiger partial charge is 0.345 e. The predicted octanol–water partition coefficient (Wildman–Crippen LogP) is 7.26. The van der Waals surface area contributed by atoms with Crippen LogP contribution in [0.5, 0.6) is 0 Å². The summed E-state index contributed by atoms with van der Waals surface area (Å²) in [4.78, 5) is 0. The molecule has 144 valence electrons. The van der Waals surface area contributed by atoms with Crippen LogP contribution in [0, 0.1) is 0 Å². The standard InChI is InChI=1S/C16H17.2C5H5.ClH.Mg.Ti/c1-14(12-15-8-4-2-5-9-15)13-16-10-6-3-7-11-16;2*1-2-4-5-3-1;;;/h2-11H,12-13H2,1H3;2*1-3H,4H2;1H;;/q;;;;+1;/p-1. The van der Waals surface area contributed by atoms with E-state index in [-0.39, 0.29) is 22.7 Å². The van der Waals surface area contributed by atoms with Gasteiger partial charge in [0.05, 0.1) is 0 Å². The molecule has 2 aliphatic rings. The Kier molecular flexibility index (Phi) is 9.56. The van der Waals surface area contributed by atoms with E-state index in [0.717, 1.165) is 12.8 Å². The van der Waals surface area contributed by atoms with Gasteiger partial charge in [0, 0.05) is 0 Å². The van der Waals surface area contributed by atoms with Crippen LogP contribution < -0.4 is 0 Å². The van der Waals surface area contributed by atoms with Crippen molar-refractivity contribution in [1.29, 1.82) is 0 Å². The molecular formula is C26H27ClMgTi. The summed E-state index contributed by atoms with van der Waals surface area (Å²) in [6, 6.07) is 21.3. The second-order valence-corrected chi connectivity index (χ2v) is 13.2. The number of halogens is 1. The summed E-state index contributed by atoms with van der Waals surface area (Å²) in [6.07, 6.45) is 18.1. The Balaban J connectivity index is 0.000000186. The van der Waals surface area contributed by atoms with Gasteiger partial charge in [-0.05, 0) is 24.0 Å². The first kappa shape index (κ1) is 22.8. The van der Waals surface area contributed by atoms with Crippen LogP contribution in [0.2, 0.25) is 3.54 Å². The van der Waals surface area contributed by atoms with Crippen LogP contribution in [0.15, 0.2) is 105 Å². The van der Waals surface area contributed by atoms with E-state index < -0.39 is 19.3 Å². The first-order chi connectivity index (χ1) is 14.2. The van der Waals surface area contributed by atoms with Gasteiger partial charge in [0.1, 0.15) is 0 Å². The van der Waals surface area contributed by atoms with E-state index in [1.807, 2.05) is 0 Å². The van der Waals surface area contributed by atoms with Gasteiger partial charge in [0.25, 0.3) is 0 Å². The summed E-state index contributed by atoms with van der Waals surface area (Å²) in [5.74, 6) is 0. The van der Waals surface area contributed by atoms with Gasteiger partial charge in [0.15, 0.2) is 0 Å². The Morgan fingerprint density at radius 2 is 1.24 bits per heavy atom. The quantitative estimate of drug-likeness (QED) is 0.392. The molecule has 0 N–H and O–H groups in total. The zero-order chi connectivity index (χ0) is 20.4. The zero-order valence-electron chi connectivity index (χ0n) is 17.2. The molecule has 0 unspecified atom stereocenters. The van der Waals surface area contributed by atoms with Gasteiger partial charge in [0.2, 0.25) is 0 Å². The fourth-order valence-electron chi connectivity index (χ4n) is 3.62. The third kappa shape index (κ3) is 8.08. The summed E-state index contributed by atoms with van der Waals surface area (Å²) in [5.41, 5.74) is 2.79. The minimum atomic E-state index is -0.584. The summed E-state index contributed by atoms with van der Waals surface area (Å²) in [6.45, 7) is 2.33. The van der Waals surface area contributed by atoms with Crippen molar-refractivity contribution >= 4 is 28.3 Å². The Morgan fingerprint density at radius 1 is 0.793 bits per heavy atom. The number of allylic oxidation sites excluding steroid dienone is 8. The van der Waals surface area contributed by atoms with Crippen LogP contribution in [0.4, 0.5) is 0 Å². The molecule has 3 heteroatoms. The minimum absolute atomic E-state index is 0.0833. The molecule has 0 heterocycles. The van der Waals surface area contributed by atoms with Crippen molar-refractivity contribution in [3.63, 3.8) is 0 Å². The molecule has 0 saturated carbocycles. The maximum absolute atomic E-state index is 6.35. The van der Waals surface area contributed by atoms with Gasteiger partial charge in [-0.25, -0.2) is 0 Å². The second-order valence-electron chi connectivity index (χ2n) is 8.04. The summed E-state index contributed by atoms with van der Waals surface area (Å²) < 4.78 is 3.62. The predicted molar refractivity (Wildman–Crippen MR) is 124 cm³/mol. The monoisotopic (exact) mass is 446 g/mol. The maximum atomic E-state index is 6.35. The fraction of sp³-hybridized carbons (Fsp3) is 0.231. The van der Waals surface area contributed by atoms with Crippen LogP contribution in [0.1, 0.15) is 30.9 Å². The topological polar surface area (TPSA) is 0 Å². The summed E-state index contributed by atoms with van der Waals surface area (Å²) in [5, 5.41) is 0. The van der Waals surface area contributed by atoms with Crippen molar-refractivity contribution in [2.45, 2.75) is 36.2 Å². The van der Waals surface area contributed by atoms with E-state index in [9.17, 15) is 0 Å². The first-order valence-electron chi connectivity index (χ1n) is 10.3. The molecule has 0 fully saturated rings. The molecule has 2 aromatic carbocycles. The molecule has 0 spiro atoms. The largest absolute Gasteiger partial charge is 0.507 e. The van der Waals surface area contributed by atoms with Crippen molar-refractivity contribution in [2.75, 3.05) is 0 Å². The molecule has 0 nitrogen and oxygen atoms in total. The van der Waals surface area contributed by atoms with E-state index in [4.69, 9.17) is 9.07 Å². The molecule has 0 aliphatic heterocycles. The van der Waals surface area contributed by atoms with Crippen molar-refractivity contribution < 1.29 is 19.2 Å². The average Bonchev–Trinajstić information content (AvgIpc) is 3.45. The molecule has 29 heavy (non-hydrogen) atoms. The van der Waals surface area contributed by atoms with Crippen molar-refractivity contribution in [3.05, 3.63) is 116 Å². The fourth-order valence-corrected chi connectivity index (χ4v) is 6.85. The van der Waals surface area contributed by atoms with E-state index >= 15 is 0 Å². The van der Waals surface area contributed by atoms with Crippen LogP contribution in [0.3, 0.4) is 0 Å². The van der Waals surface area contributed by atoms with Crippen LogP contribution in [-0.2, 0) is 32.0 Å². The van der Waals surface area contributed by atoms with Crippen LogP contribution in [-0.4, -0.2) is 19.3 Å². The molecule has 0 saturated heterocycles. The first-order valence-corrected chi connectivity index (χ1v) is 14.7. The van der Waals surface area contributed by atoms with E-state index in [0.29, 0.717) is 0 Å². The molecular weight excluding hydrogens is 420 g/mol. The number of hydrogen-bond donors (Lipinski definition) is 0. The normalized spacial score (nSPS) is 14.6. The summed E-state index contributed by atoms with van der Waals surface area (Å²) in [7, 11) is 6.35. The van der Waals surface area contributed by atoms with E-state index in [1.165, 1.54) is 24.0 Å². The van der Waals surface area contributed by atoms with E-state index in [2.05, 4.69) is 104 Å². The second kappa shape index (κ2) is 12.1. The Bertz CT molecular complexity index is 812. The van der Waals surface area contributed by atoms with Gasteiger partial charge in [-0.15, -0.1) is 0 Å². The van der Waals surface area contributed by atoms with Crippen LogP contribution >= 0.6 is 9.07 Å². The molecule has 0 radical (unpaired) electrons. The maximum Gasteiger partial charge on any atom is 0.507 e. The third-order valence-electron chi connectivity index (χ3n) is 5.13. The molecule has 0 aromatic heterocycles. The van der Waals surface area contributed by atoms with Crippen molar-refractivity contribution in [3.8, 4) is 0 Å². The minimum Gasteiger partial charge on any atom is -0.345 e. The molecule has 0 amide bonds. The van der Waals surface area contributed by atoms with Gasteiger partial charge < -0.3 is 9.07 Å². The SMILES string of the molecule is C1=CC[C]([Ti][C]2=CC=CC2)=C1.C[C](Cc1ccccc1)(Cc1ccccc1)[Mg][Cl]. The molecule has 0 atom stereocenters. The number of benzene rings is 2. The molecule has 4 rings (SSSR count). The zero-order valence-corrected chi connectivity index (χ0v) is 20.9. The van der Waals surface area contributed by atoms with Crippen molar-refractivity contribution in [1.82, 2.24) is 0 Å². The van der Waals surface area contributed by atoms with Crippen molar-refractivity contribution in [2.24, 2.45) is 0 Å². The van der Waals surface area contributed by atoms with Gasteiger partial charge >= 0.3 is 95.5 Å². The van der Waals surface area contributed by atoms with E-state index in [1.54, 1.807) is 7.76 Å². The summed E-state index contributed by atoms with van der Waals surface area (Å²) >= 11 is -0.501. The van der Waals surface area contributed by atoms with Crippen LogP contribution in [0.25, 0.3) is 0 Å². The Hall–Kier alpha value is -0.829. The molecule has 0 bridgehead atoms. The third-order valence-corrected chi connectivity index (χ3v) is 10.4. The van der Waals surface area contributed by atoms with Gasteiger partial charge in [-0.3, -0.25) is 0 Å². The molecule has 2 aromatic rings. The average molecular weight is 447 g/mol.